The molecule has 0 radical (unpaired) electrons. The number of carbonyl (C=O) groups excluding carboxylic acids is 7. The number of fused-ring (bicyclic) bond motifs is 2. The molecule has 5 aliphatic rings. The lowest BCUT2D eigenvalue weighted by atomic mass is 9.84. The fourth-order valence-corrected chi connectivity index (χ4v) is 12.2. The highest BCUT2D eigenvalue weighted by molar-refractivity contribution is 7.90. The van der Waals surface area contributed by atoms with Gasteiger partial charge in [-0.15, -0.1) is 0 Å². The van der Waals surface area contributed by atoms with Gasteiger partial charge in [-0.3, -0.25) is 33.6 Å². The lowest BCUT2D eigenvalue weighted by molar-refractivity contribution is -0.433. The number of aliphatic hydroxyl groups is 6. The van der Waals surface area contributed by atoms with E-state index >= 15 is 0 Å². The summed E-state index contributed by atoms with van der Waals surface area (Å²) in [6, 6.07) is 9.43. The fourth-order valence-electron chi connectivity index (χ4n) is 12.0. The molecule has 1 saturated carbocycles. The molecule has 1 aliphatic carbocycles. The molecule has 4 saturated heterocycles. The van der Waals surface area contributed by atoms with Gasteiger partial charge in [-0.05, 0) is 85.3 Å². The van der Waals surface area contributed by atoms with E-state index in [0.29, 0.717) is 19.0 Å². The molecule has 8 rings (SSSR count). The summed E-state index contributed by atoms with van der Waals surface area (Å²) in [6.45, 7) is 3.95. The molecule has 3 aromatic rings. The van der Waals surface area contributed by atoms with E-state index in [2.05, 4.69) is 70.0 Å². The van der Waals surface area contributed by atoms with Crippen LogP contribution in [0.4, 0.5) is 11.4 Å². The Bertz CT molecular complexity index is 2950. The maximum Gasteiger partial charge on any atom is 0.261 e. The van der Waals surface area contributed by atoms with E-state index in [-0.39, 0.29) is 35.7 Å². The molecule has 29 heteroatoms. The van der Waals surface area contributed by atoms with Gasteiger partial charge in [-0.25, -0.2) is 5.26 Å². The van der Waals surface area contributed by atoms with Crippen LogP contribution in [0, 0.1) is 17.2 Å². The second kappa shape index (κ2) is 30.0. The number of carbonyl (C=O) groups is 7. The third kappa shape index (κ3) is 16.2. The van der Waals surface area contributed by atoms with Gasteiger partial charge in [0.05, 0.1) is 49.1 Å². The van der Waals surface area contributed by atoms with Crippen LogP contribution < -0.4 is 40.6 Å². The summed E-state index contributed by atoms with van der Waals surface area (Å²) in [5.41, 5.74) is 3.58. The molecule has 0 spiro atoms. The number of anilines is 2. The van der Waals surface area contributed by atoms with Crippen LogP contribution in [0.15, 0.2) is 66.7 Å². The van der Waals surface area contributed by atoms with Crippen molar-refractivity contribution in [1.29, 1.82) is 5.26 Å². The number of nitriles is 1. The third-order valence-electron chi connectivity index (χ3n) is 16.8. The van der Waals surface area contributed by atoms with Gasteiger partial charge in [0, 0.05) is 87.9 Å². The molecule has 5 fully saturated rings. The van der Waals surface area contributed by atoms with E-state index in [9.17, 15) is 74.6 Å². The van der Waals surface area contributed by atoms with Crippen LogP contribution in [0.1, 0.15) is 92.6 Å². The number of rotatable bonds is 15. The van der Waals surface area contributed by atoms with Gasteiger partial charge in [0.25, 0.3) is 18.2 Å². The molecule has 472 valence electrons. The van der Waals surface area contributed by atoms with Gasteiger partial charge in [-0.2, -0.15) is 5.26 Å². The van der Waals surface area contributed by atoms with Gasteiger partial charge in [-0.1, -0.05) is 53.8 Å². The average Bonchev–Trinajstić information content (AvgIpc) is 1.99. The second-order valence-corrected chi connectivity index (χ2v) is 23.3. The highest BCUT2D eigenvalue weighted by Crippen LogP contribution is 2.35. The van der Waals surface area contributed by atoms with Crippen LogP contribution in [-0.4, -0.2) is 211 Å². The lowest BCUT2D eigenvalue weighted by Crippen LogP contribution is -2.64. The molecular weight excluding hydrogens is 1160 g/mol. The summed E-state index contributed by atoms with van der Waals surface area (Å²) in [7, 11) is 0. The number of benzene rings is 3. The first-order chi connectivity index (χ1) is 41.6. The molecular formula is C58H76N10O18S. The maximum absolute atomic E-state index is 14.6. The fraction of sp³-hybridized carbons (Fsp3) is 0.552. The molecule has 4 heterocycles. The number of piperazine rings is 1. The number of aliphatic hydroxyl groups excluding tert-OH is 6. The number of aromatic hydroxyl groups is 1. The number of amides is 7. The number of phenolic OH excluding ortho intramolecular Hbond substituents is 1. The molecule has 7 unspecified atom stereocenters. The van der Waals surface area contributed by atoms with Crippen molar-refractivity contribution < 1.29 is 88.1 Å². The lowest BCUT2D eigenvalue weighted by Gasteiger charge is -2.37. The van der Waals surface area contributed by atoms with Crippen LogP contribution >= 0.6 is 12.3 Å². The first kappa shape index (κ1) is 65.6. The van der Waals surface area contributed by atoms with Crippen LogP contribution in [0.3, 0.4) is 0 Å². The Morgan fingerprint density at radius 2 is 1.37 bits per heavy atom. The number of hydrogen-bond donors (Lipinski definition) is 13. The molecule has 7 amide bonds. The summed E-state index contributed by atoms with van der Waals surface area (Å²) < 4.78 is 9.31. The Kier molecular flexibility index (Phi) is 22.6. The molecule has 0 aromatic heterocycles. The smallest absolute Gasteiger partial charge is 0.261 e. The molecule has 13 atom stereocenters. The van der Waals surface area contributed by atoms with Gasteiger partial charge < -0.3 is 86.1 Å². The standard InChI is InChI=1S/C58H76N10O18S/c1-31-29-68-50(51(31)75)56(80)60-28-39(70)26-41(61-52(76)36-11-15-38(16-12-36)66-22-20-65(21-23-66)37-13-9-35(10-14-37)34-6-4-3-5-7-34)53(77)62-47(32(2)69)57(81)67-30-40(71)27-42(67)54(78)63-48(55(79)64-49(58(68)82)44(73)18-19-59)45(74)24-33-8-17-43(72)46(25-33)84-87-86-85-83/h8-17,25,31-32,34,39-42,44-45,47-51,69-75,83H,3-7,18,20-24,26-30H2,1-2H3,(H,60,80)(H,61,76)(H,62,77)(H,63,78)(H,64,79)/t31?,32?,39-,40?,41-,42?,44+,45+,47?,48?,49-,50?,51-/m0/s1. The Labute approximate surface area is 506 Å². The maximum atomic E-state index is 14.6. The van der Waals surface area contributed by atoms with Crippen LogP contribution in [-0.2, 0) is 44.6 Å². The van der Waals surface area contributed by atoms with E-state index in [0.717, 1.165) is 53.3 Å². The number of β-amino-alcohol motifs (C(OH)–C–C–N with tert-alkyl or cyclic N) is 1. The first-order valence-corrected chi connectivity index (χ1v) is 29.7. The number of hydrogen-bond acceptors (Lipinski definition) is 22. The number of nitrogens with one attached hydrogen (secondary N) is 5. The van der Waals surface area contributed by atoms with E-state index in [1.807, 2.05) is 0 Å². The number of phenols is 1. The zero-order chi connectivity index (χ0) is 62.6. The monoisotopic (exact) mass is 1230 g/mol. The van der Waals surface area contributed by atoms with E-state index in [4.69, 9.17) is 9.44 Å². The van der Waals surface area contributed by atoms with Crippen molar-refractivity contribution in [2.75, 3.05) is 55.6 Å². The van der Waals surface area contributed by atoms with Crippen molar-refractivity contribution in [3.05, 3.63) is 83.4 Å². The minimum Gasteiger partial charge on any atom is -0.504 e. The number of nitrogens with zero attached hydrogens (tertiary/aromatic N) is 5. The Hall–Kier alpha value is -7.37. The SMILES string of the molecule is CC(O)C1NC(=O)[C@@H](NC(=O)c2ccc(N3CCN(c4ccc(C5CCCCC5)cc4)CC3)cc2)C[C@H](O)CNC(=O)C2[C@@H](O)C(C)CN2C(=O)[C@H]([C@H](O)CC#N)NC(=O)C([C@H](O)Cc2ccc(O)c(OSOOO)c2)NC(=O)C2CC(O)CN2C1=O. The zero-order valence-electron chi connectivity index (χ0n) is 48.1. The molecule has 87 heavy (non-hydrogen) atoms. The molecule has 0 bridgehead atoms. The summed E-state index contributed by atoms with van der Waals surface area (Å²) in [6.07, 6.45) is -6.69. The van der Waals surface area contributed by atoms with Crippen molar-refractivity contribution >= 4 is 65.0 Å². The molecule has 3 aromatic carbocycles. The highest BCUT2D eigenvalue weighted by atomic mass is 32.2. The average molecular weight is 1230 g/mol. The third-order valence-corrected chi connectivity index (χ3v) is 17.2. The van der Waals surface area contributed by atoms with Gasteiger partial charge in [0.2, 0.25) is 35.4 Å². The Morgan fingerprint density at radius 3 is 2.00 bits per heavy atom. The molecule has 28 nitrogen and oxygen atoms in total. The van der Waals surface area contributed by atoms with Crippen LogP contribution in [0.5, 0.6) is 11.5 Å². The minimum atomic E-state index is -2.14. The van der Waals surface area contributed by atoms with Crippen LogP contribution in [0.25, 0.3) is 0 Å². The van der Waals surface area contributed by atoms with Gasteiger partial charge in [0.15, 0.2) is 11.5 Å². The molecule has 13 N–H and O–H groups in total. The van der Waals surface area contributed by atoms with Crippen molar-refractivity contribution in [3.8, 4) is 17.6 Å². The minimum absolute atomic E-state index is 0.0736. The largest absolute Gasteiger partial charge is 0.504 e. The Morgan fingerprint density at radius 1 is 0.747 bits per heavy atom. The normalized spacial score (nSPS) is 27.7. The summed E-state index contributed by atoms with van der Waals surface area (Å²) >= 11 is 0.0736. The zero-order valence-corrected chi connectivity index (χ0v) is 48.9. The summed E-state index contributed by atoms with van der Waals surface area (Å²) in [5.74, 6) is -8.85. The summed E-state index contributed by atoms with van der Waals surface area (Å²) in [4.78, 5) is 107. The van der Waals surface area contributed by atoms with E-state index < -0.39 is 165 Å². The van der Waals surface area contributed by atoms with E-state index in [1.165, 1.54) is 50.7 Å². The van der Waals surface area contributed by atoms with Crippen molar-refractivity contribution in [2.45, 2.75) is 150 Å². The van der Waals surface area contributed by atoms with Gasteiger partial charge in [0.1, 0.15) is 36.3 Å². The van der Waals surface area contributed by atoms with Crippen LogP contribution in [0.2, 0.25) is 0 Å². The topological polar surface area (TPSA) is 406 Å². The predicted octanol–water partition coefficient (Wildman–Crippen LogP) is -1.01. The Balaban J connectivity index is 1.05. The van der Waals surface area contributed by atoms with Crippen molar-refractivity contribution in [1.82, 2.24) is 36.4 Å². The van der Waals surface area contributed by atoms with E-state index in [1.54, 1.807) is 30.3 Å². The predicted molar refractivity (Wildman–Crippen MR) is 309 cm³/mol. The highest BCUT2D eigenvalue weighted by Gasteiger charge is 2.50. The van der Waals surface area contributed by atoms with Crippen molar-refractivity contribution in [2.24, 2.45) is 5.92 Å². The second-order valence-electron chi connectivity index (χ2n) is 22.9. The van der Waals surface area contributed by atoms with Gasteiger partial charge >= 0.3 is 0 Å². The quantitative estimate of drug-likeness (QED) is 0.0375. The van der Waals surface area contributed by atoms with Crippen molar-refractivity contribution in [3.63, 3.8) is 0 Å². The first-order valence-electron chi connectivity index (χ1n) is 29.0. The summed E-state index contributed by atoms with van der Waals surface area (Å²) in [5, 5.41) is 112. The molecule has 4 aliphatic heterocycles.